The topological polar surface area (TPSA) is 89.9 Å². The number of esters is 1. The first-order valence-electron chi connectivity index (χ1n) is 11.4. The van der Waals surface area contributed by atoms with Crippen molar-refractivity contribution in [3.63, 3.8) is 0 Å². The van der Waals surface area contributed by atoms with Crippen LogP contribution in [0.25, 0.3) is 33.4 Å². The van der Waals surface area contributed by atoms with Gasteiger partial charge < -0.3 is 10.1 Å². The van der Waals surface area contributed by atoms with Gasteiger partial charge >= 0.3 is 5.97 Å². The first-order chi connectivity index (χ1) is 17.2. The Morgan fingerprint density at radius 3 is 2.57 bits per heavy atom. The number of nitrogens with zero attached hydrogens (tertiary/aromatic N) is 4. The first-order valence-corrected chi connectivity index (χ1v) is 11.4. The smallest absolute Gasteiger partial charge is 0.339 e. The van der Waals surface area contributed by atoms with E-state index in [1.165, 1.54) is 6.20 Å². The molecule has 0 spiro atoms. The van der Waals surface area contributed by atoms with E-state index in [-0.39, 0.29) is 0 Å². The van der Waals surface area contributed by atoms with Gasteiger partial charge in [0.2, 0.25) is 0 Å². The third kappa shape index (κ3) is 4.84. The number of aromatic nitrogens is 4. The Morgan fingerprint density at radius 2 is 1.77 bits per heavy atom. The number of anilines is 1. The molecular weight excluding hydrogens is 438 g/mol. The summed E-state index contributed by atoms with van der Waals surface area (Å²) >= 11 is 0. The fourth-order valence-corrected chi connectivity index (χ4v) is 3.86. The van der Waals surface area contributed by atoms with Crippen molar-refractivity contribution in [3.8, 4) is 22.5 Å². The van der Waals surface area contributed by atoms with E-state index in [0.717, 1.165) is 27.7 Å². The highest BCUT2D eigenvalue weighted by atomic mass is 16.5. The Kier molecular flexibility index (Phi) is 6.39. The zero-order chi connectivity index (χ0) is 24.0. The van der Waals surface area contributed by atoms with Crippen LogP contribution >= 0.6 is 0 Å². The second-order valence-corrected chi connectivity index (χ2v) is 7.82. The minimum atomic E-state index is -0.428. The standard InChI is InChI=1S/C28H23N5O2/c1-2-35-28(34)21-15-20(16-29-17-21)26-32-24-13-8-12-23(19-9-4-3-5-10-19)25(24)27(33-26)31-18-22-11-6-7-14-30-22/h3-17H,2,18H2,1H3,(H,31,32,33). The third-order valence-corrected chi connectivity index (χ3v) is 5.48. The number of ether oxygens (including phenoxy) is 1. The third-order valence-electron chi connectivity index (χ3n) is 5.48. The Labute approximate surface area is 202 Å². The molecule has 0 amide bonds. The summed E-state index contributed by atoms with van der Waals surface area (Å²) in [5.41, 5.74) is 4.75. The number of benzene rings is 2. The lowest BCUT2D eigenvalue weighted by Gasteiger charge is -2.14. The summed E-state index contributed by atoms with van der Waals surface area (Å²) in [5.74, 6) is 0.712. The number of carbonyl (C=O) groups excluding carboxylic acids is 1. The lowest BCUT2D eigenvalue weighted by Crippen LogP contribution is -2.07. The van der Waals surface area contributed by atoms with E-state index in [9.17, 15) is 4.79 Å². The SMILES string of the molecule is CCOC(=O)c1cncc(-c2nc(NCc3ccccn3)c3c(-c4ccccc4)cccc3n2)c1. The zero-order valence-electron chi connectivity index (χ0n) is 19.2. The number of hydrogen-bond donors (Lipinski definition) is 1. The number of hydrogen-bond acceptors (Lipinski definition) is 7. The van der Waals surface area contributed by atoms with Gasteiger partial charge in [0, 0.05) is 24.2 Å². The fraction of sp³-hybridized carbons (Fsp3) is 0.107. The molecule has 2 aromatic carbocycles. The predicted octanol–water partition coefficient (Wildman–Crippen LogP) is 5.54. The molecule has 172 valence electrons. The monoisotopic (exact) mass is 461 g/mol. The zero-order valence-corrected chi connectivity index (χ0v) is 19.2. The molecule has 5 aromatic rings. The Balaban J connectivity index is 1.64. The molecule has 0 aliphatic carbocycles. The minimum Gasteiger partial charge on any atom is -0.462 e. The maximum Gasteiger partial charge on any atom is 0.339 e. The summed E-state index contributed by atoms with van der Waals surface area (Å²) in [7, 11) is 0. The average Bonchev–Trinajstić information content (AvgIpc) is 2.92. The molecule has 7 nitrogen and oxygen atoms in total. The van der Waals surface area contributed by atoms with Crippen LogP contribution in [0.4, 0.5) is 5.82 Å². The summed E-state index contributed by atoms with van der Waals surface area (Å²) in [6.07, 6.45) is 4.90. The van der Waals surface area contributed by atoms with Crippen molar-refractivity contribution in [2.45, 2.75) is 13.5 Å². The van der Waals surface area contributed by atoms with Crippen LogP contribution in [0.1, 0.15) is 23.0 Å². The maximum absolute atomic E-state index is 12.2. The highest BCUT2D eigenvalue weighted by molar-refractivity contribution is 6.02. The molecule has 7 heteroatoms. The van der Waals surface area contributed by atoms with Crippen LogP contribution in [0, 0.1) is 0 Å². The average molecular weight is 462 g/mol. The van der Waals surface area contributed by atoms with Gasteiger partial charge in [-0.05, 0) is 42.3 Å². The van der Waals surface area contributed by atoms with Crippen molar-refractivity contribution in [2.75, 3.05) is 11.9 Å². The summed E-state index contributed by atoms with van der Waals surface area (Å²) < 4.78 is 5.13. The van der Waals surface area contributed by atoms with E-state index in [0.29, 0.717) is 35.9 Å². The number of carbonyl (C=O) groups is 1. The Bertz CT molecular complexity index is 1470. The van der Waals surface area contributed by atoms with E-state index in [1.54, 1.807) is 25.4 Å². The second-order valence-electron chi connectivity index (χ2n) is 7.82. The van der Waals surface area contributed by atoms with Crippen molar-refractivity contribution < 1.29 is 9.53 Å². The van der Waals surface area contributed by atoms with Gasteiger partial charge in [-0.3, -0.25) is 9.97 Å². The van der Waals surface area contributed by atoms with Gasteiger partial charge in [0.05, 0.1) is 35.3 Å². The van der Waals surface area contributed by atoms with Gasteiger partial charge in [-0.15, -0.1) is 0 Å². The molecule has 0 unspecified atom stereocenters. The quantitative estimate of drug-likeness (QED) is 0.318. The summed E-state index contributed by atoms with van der Waals surface area (Å²) in [5, 5.41) is 4.37. The normalized spacial score (nSPS) is 10.8. The van der Waals surface area contributed by atoms with Crippen LogP contribution in [-0.4, -0.2) is 32.5 Å². The molecule has 0 aliphatic rings. The molecule has 35 heavy (non-hydrogen) atoms. The molecular formula is C28H23N5O2. The lowest BCUT2D eigenvalue weighted by molar-refractivity contribution is 0.0526. The highest BCUT2D eigenvalue weighted by Crippen LogP contribution is 2.34. The molecule has 0 saturated carbocycles. The Hall–Kier alpha value is -4.65. The summed E-state index contributed by atoms with van der Waals surface area (Å²) in [4.78, 5) is 30.6. The lowest BCUT2D eigenvalue weighted by atomic mass is 10.0. The number of nitrogens with one attached hydrogen (secondary N) is 1. The summed E-state index contributed by atoms with van der Waals surface area (Å²) in [6.45, 7) is 2.56. The number of pyridine rings is 2. The van der Waals surface area contributed by atoms with Crippen LogP contribution in [0.15, 0.2) is 91.4 Å². The van der Waals surface area contributed by atoms with Crippen molar-refractivity contribution in [2.24, 2.45) is 0 Å². The molecule has 3 heterocycles. The number of fused-ring (bicyclic) bond motifs is 1. The second kappa shape index (κ2) is 10.1. The van der Waals surface area contributed by atoms with Gasteiger partial charge in [0.15, 0.2) is 5.82 Å². The van der Waals surface area contributed by atoms with E-state index >= 15 is 0 Å². The molecule has 0 fully saturated rings. The van der Waals surface area contributed by atoms with Gasteiger partial charge in [-0.2, -0.15) is 0 Å². The molecule has 0 radical (unpaired) electrons. The van der Waals surface area contributed by atoms with Crippen molar-refractivity contribution in [1.82, 2.24) is 19.9 Å². The van der Waals surface area contributed by atoms with E-state index in [1.807, 2.05) is 48.5 Å². The van der Waals surface area contributed by atoms with Crippen LogP contribution in [0.5, 0.6) is 0 Å². The molecule has 0 bridgehead atoms. The van der Waals surface area contributed by atoms with E-state index in [2.05, 4.69) is 33.5 Å². The molecule has 3 aromatic heterocycles. The summed E-state index contributed by atoms with van der Waals surface area (Å²) in [6, 6.07) is 23.7. The molecule has 0 atom stereocenters. The van der Waals surface area contributed by atoms with Gasteiger partial charge in [0.25, 0.3) is 0 Å². The molecule has 0 aliphatic heterocycles. The predicted molar refractivity (Wildman–Crippen MR) is 136 cm³/mol. The molecule has 0 saturated heterocycles. The van der Waals surface area contributed by atoms with Crippen LogP contribution in [0.2, 0.25) is 0 Å². The number of rotatable bonds is 7. The maximum atomic E-state index is 12.2. The van der Waals surface area contributed by atoms with Gasteiger partial charge in [-0.1, -0.05) is 48.5 Å². The van der Waals surface area contributed by atoms with Gasteiger partial charge in [-0.25, -0.2) is 14.8 Å². The minimum absolute atomic E-state index is 0.291. The van der Waals surface area contributed by atoms with Crippen LogP contribution in [0.3, 0.4) is 0 Å². The van der Waals surface area contributed by atoms with Gasteiger partial charge in [0.1, 0.15) is 5.82 Å². The first kappa shape index (κ1) is 22.2. The Morgan fingerprint density at radius 1 is 0.914 bits per heavy atom. The van der Waals surface area contributed by atoms with E-state index in [4.69, 9.17) is 14.7 Å². The van der Waals surface area contributed by atoms with Crippen LogP contribution < -0.4 is 5.32 Å². The highest BCUT2D eigenvalue weighted by Gasteiger charge is 2.16. The van der Waals surface area contributed by atoms with Crippen molar-refractivity contribution in [1.29, 1.82) is 0 Å². The largest absolute Gasteiger partial charge is 0.462 e. The van der Waals surface area contributed by atoms with E-state index < -0.39 is 5.97 Å². The fourth-order valence-electron chi connectivity index (χ4n) is 3.86. The van der Waals surface area contributed by atoms with Crippen LogP contribution in [-0.2, 0) is 11.3 Å². The van der Waals surface area contributed by atoms with Crippen molar-refractivity contribution >= 4 is 22.7 Å². The molecule has 1 N–H and O–H groups in total. The molecule has 5 rings (SSSR count). The van der Waals surface area contributed by atoms with Crippen molar-refractivity contribution in [3.05, 3.63) is 103 Å².